The Balaban J connectivity index is 2.12. The van der Waals surface area contributed by atoms with Crippen LogP contribution in [0, 0.1) is 0 Å². The van der Waals surface area contributed by atoms with Crippen molar-refractivity contribution in [2.45, 2.75) is 13.5 Å². The summed E-state index contributed by atoms with van der Waals surface area (Å²) in [4.78, 5) is 22.3. The minimum absolute atomic E-state index is 0.0894. The third-order valence-electron chi connectivity index (χ3n) is 2.17. The summed E-state index contributed by atoms with van der Waals surface area (Å²) in [5, 5.41) is 2.48. The molecule has 0 aliphatic carbocycles. The Kier molecular flexibility index (Phi) is 6.15. The van der Waals surface area contributed by atoms with Crippen LogP contribution in [0.2, 0.25) is 0 Å². The molecular weight excluding hydrogens is 246 g/mol. The zero-order valence-corrected chi connectivity index (χ0v) is 10.8. The number of benzene rings is 1. The van der Waals surface area contributed by atoms with Crippen LogP contribution in [-0.2, 0) is 20.9 Å². The molecule has 0 unspecified atom stereocenters. The van der Waals surface area contributed by atoms with Crippen LogP contribution in [0.25, 0.3) is 0 Å². The molecule has 19 heavy (non-hydrogen) atoms. The van der Waals surface area contributed by atoms with Gasteiger partial charge in [-0.15, -0.1) is 0 Å². The van der Waals surface area contributed by atoms with Crippen molar-refractivity contribution >= 4 is 12.1 Å². The Labute approximate surface area is 112 Å². The number of carbonyl (C=O) groups excluding carboxylic acids is 2. The van der Waals surface area contributed by atoms with E-state index in [1.165, 1.54) is 0 Å². The number of carbonyl (C=O) groups is 2. The van der Waals surface area contributed by atoms with E-state index in [4.69, 9.17) is 9.47 Å². The second-order valence-electron chi connectivity index (χ2n) is 3.90. The lowest BCUT2D eigenvalue weighted by molar-refractivity contribution is -0.138. The van der Waals surface area contributed by atoms with Gasteiger partial charge >= 0.3 is 12.1 Å². The molecule has 102 valence electrons. The maximum Gasteiger partial charge on any atom is 0.407 e. The third kappa shape index (κ3) is 6.26. The first-order valence-corrected chi connectivity index (χ1v) is 5.87. The first kappa shape index (κ1) is 14.8. The van der Waals surface area contributed by atoms with E-state index in [1.807, 2.05) is 30.3 Å². The van der Waals surface area contributed by atoms with Gasteiger partial charge in [-0.05, 0) is 12.5 Å². The maximum absolute atomic E-state index is 11.3. The summed E-state index contributed by atoms with van der Waals surface area (Å²) in [5.74, 6) is -0.473. The van der Waals surface area contributed by atoms with Gasteiger partial charge in [-0.2, -0.15) is 0 Å². The highest BCUT2D eigenvalue weighted by Crippen LogP contribution is 2.00. The van der Waals surface area contributed by atoms with Crippen molar-refractivity contribution in [2.24, 2.45) is 0 Å². The van der Waals surface area contributed by atoms with Gasteiger partial charge in [0.2, 0.25) is 0 Å². The molecule has 0 spiro atoms. The lowest BCUT2D eigenvalue weighted by Crippen LogP contribution is -2.28. The van der Waals surface area contributed by atoms with Crippen molar-refractivity contribution in [1.82, 2.24) is 5.32 Å². The van der Waals surface area contributed by atoms with Gasteiger partial charge in [0.15, 0.2) is 0 Å². The van der Waals surface area contributed by atoms with E-state index in [-0.39, 0.29) is 19.8 Å². The van der Waals surface area contributed by atoms with Gasteiger partial charge in [0.05, 0.1) is 6.54 Å². The molecule has 1 aromatic carbocycles. The van der Waals surface area contributed by atoms with E-state index in [0.29, 0.717) is 5.57 Å². The van der Waals surface area contributed by atoms with Crippen molar-refractivity contribution in [3.8, 4) is 0 Å². The van der Waals surface area contributed by atoms with Gasteiger partial charge in [-0.3, -0.25) is 0 Å². The van der Waals surface area contributed by atoms with Gasteiger partial charge in [0.1, 0.15) is 13.2 Å². The fraction of sp³-hybridized carbons (Fsp3) is 0.286. The molecule has 0 heterocycles. The van der Waals surface area contributed by atoms with Crippen molar-refractivity contribution in [3.05, 3.63) is 48.0 Å². The van der Waals surface area contributed by atoms with Crippen molar-refractivity contribution in [2.75, 3.05) is 13.2 Å². The Bertz CT molecular complexity index is 442. The second-order valence-corrected chi connectivity index (χ2v) is 3.90. The second kappa shape index (κ2) is 7.92. The molecule has 0 fully saturated rings. The van der Waals surface area contributed by atoms with Crippen LogP contribution in [-0.4, -0.2) is 25.2 Å². The van der Waals surface area contributed by atoms with Crippen molar-refractivity contribution in [1.29, 1.82) is 0 Å². The van der Waals surface area contributed by atoms with Gasteiger partial charge in [0, 0.05) is 5.57 Å². The number of rotatable bonds is 6. The molecule has 0 bridgehead atoms. The Morgan fingerprint density at radius 3 is 2.53 bits per heavy atom. The van der Waals surface area contributed by atoms with Crippen molar-refractivity contribution in [3.63, 3.8) is 0 Å². The quantitative estimate of drug-likeness (QED) is 0.484. The van der Waals surface area contributed by atoms with Gasteiger partial charge in [-0.1, -0.05) is 36.9 Å². The molecule has 0 aliphatic rings. The molecule has 0 radical (unpaired) electrons. The van der Waals surface area contributed by atoms with E-state index in [2.05, 4.69) is 11.9 Å². The van der Waals surface area contributed by atoms with Crippen LogP contribution in [0.1, 0.15) is 12.5 Å². The SMILES string of the molecule is C=C(C)C(=O)OCCNC(=O)OCc1ccccc1. The fourth-order valence-corrected chi connectivity index (χ4v) is 1.19. The number of ether oxygens (including phenoxy) is 2. The molecule has 1 rings (SSSR count). The number of nitrogens with one attached hydrogen (secondary N) is 1. The highest BCUT2D eigenvalue weighted by molar-refractivity contribution is 5.86. The molecule has 0 atom stereocenters. The summed E-state index contributed by atoms with van der Waals surface area (Å²) in [6, 6.07) is 9.35. The highest BCUT2D eigenvalue weighted by Gasteiger charge is 2.04. The van der Waals surface area contributed by atoms with E-state index in [9.17, 15) is 9.59 Å². The molecule has 1 N–H and O–H groups in total. The predicted octanol–water partition coefficient (Wildman–Crippen LogP) is 2.03. The molecule has 0 aromatic heterocycles. The molecule has 5 nitrogen and oxygen atoms in total. The number of amides is 1. The van der Waals surface area contributed by atoms with Crippen LogP contribution in [0.3, 0.4) is 0 Å². The first-order chi connectivity index (χ1) is 9.09. The van der Waals surface area contributed by atoms with Crippen LogP contribution < -0.4 is 5.32 Å². The number of hydrogen-bond acceptors (Lipinski definition) is 4. The highest BCUT2D eigenvalue weighted by atomic mass is 16.6. The number of alkyl carbamates (subject to hydrolysis) is 1. The summed E-state index contributed by atoms with van der Waals surface area (Å²) in [5.41, 5.74) is 1.23. The molecule has 0 saturated heterocycles. The number of esters is 1. The number of hydrogen-bond donors (Lipinski definition) is 1. The van der Waals surface area contributed by atoms with Crippen LogP contribution in [0.15, 0.2) is 42.5 Å². The van der Waals surface area contributed by atoms with E-state index in [1.54, 1.807) is 6.92 Å². The molecule has 5 heteroatoms. The van der Waals surface area contributed by atoms with Crippen LogP contribution >= 0.6 is 0 Å². The molecule has 0 aliphatic heterocycles. The maximum atomic E-state index is 11.3. The Hall–Kier alpha value is -2.30. The average molecular weight is 263 g/mol. The third-order valence-corrected chi connectivity index (χ3v) is 2.17. The minimum atomic E-state index is -0.546. The summed E-state index contributed by atoms with van der Waals surface area (Å²) in [6.07, 6.45) is -0.546. The monoisotopic (exact) mass is 263 g/mol. The summed E-state index contributed by atoms with van der Waals surface area (Å²) in [7, 11) is 0. The lowest BCUT2D eigenvalue weighted by Gasteiger charge is -2.07. The molecular formula is C14H17NO4. The van der Waals surface area contributed by atoms with Gasteiger partial charge in [0.25, 0.3) is 0 Å². The lowest BCUT2D eigenvalue weighted by atomic mass is 10.2. The Morgan fingerprint density at radius 2 is 1.89 bits per heavy atom. The molecule has 0 saturated carbocycles. The Morgan fingerprint density at radius 1 is 1.21 bits per heavy atom. The zero-order valence-electron chi connectivity index (χ0n) is 10.8. The average Bonchev–Trinajstić information content (AvgIpc) is 2.42. The van der Waals surface area contributed by atoms with Gasteiger partial charge < -0.3 is 14.8 Å². The summed E-state index contributed by atoms with van der Waals surface area (Å²) >= 11 is 0. The molecule has 1 aromatic rings. The minimum Gasteiger partial charge on any atom is -0.460 e. The molecule has 1 amide bonds. The van der Waals surface area contributed by atoms with Crippen LogP contribution in [0.4, 0.5) is 4.79 Å². The standard InChI is InChI=1S/C14H17NO4/c1-11(2)13(16)18-9-8-15-14(17)19-10-12-6-4-3-5-7-12/h3-7H,1,8-10H2,2H3,(H,15,17). The topological polar surface area (TPSA) is 64.6 Å². The normalized spacial score (nSPS) is 9.53. The van der Waals surface area contributed by atoms with E-state index >= 15 is 0 Å². The summed E-state index contributed by atoms with van der Waals surface area (Å²) < 4.78 is 9.78. The van der Waals surface area contributed by atoms with Crippen LogP contribution in [0.5, 0.6) is 0 Å². The first-order valence-electron chi connectivity index (χ1n) is 5.87. The van der Waals surface area contributed by atoms with Gasteiger partial charge in [-0.25, -0.2) is 9.59 Å². The zero-order chi connectivity index (χ0) is 14.1. The smallest absolute Gasteiger partial charge is 0.407 e. The van der Waals surface area contributed by atoms with E-state index < -0.39 is 12.1 Å². The largest absolute Gasteiger partial charge is 0.460 e. The summed E-state index contributed by atoms with van der Waals surface area (Å²) in [6.45, 7) is 5.50. The predicted molar refractivity (Wildman–Crippen MR) is 70.4 cm³/mol. The fourth-order valence-electron chi connectivity index (χ4n) is 1.19. The van der Waals surface area contributed by atoms with Crippen molar-refractivity contribution < 1.29 is 19.1 Å². The van der Waals surface area contributed by atoms with E-state index in [0.717, 1.165) is 5.56 Å².